The van der Waals surface area contributed by atoms with Gasteiger partial charge in [0.2, 0.25) is 5.91 Å². The van der Waals surface area contributed by atoms with Crippen molar-refractivity contribution >= 4 is 21.7 Å². The highest BCUT2D eigenvalue weighted by Gasteiger charge is 2.48. The summed E-state index contributed by atoms with van der Waals surface area (Å²) in [6, 6.07) is -0.294. The minimum Gasteiger partial charge on any atom is -0.371 e. The van der Waals surface area contributed by atoms with Gasteiger partial charge in [0.25, 0.3) is 0 Å². The number of urea groups is 1. The molecule has 1 spiro atoms. The Kier molecular flexibility index (Phi) is 5.48. The average Bonchev–Trinajstić information content (AvgIpc) is 3.07. The first-order valence-corrected chi connectivity index (χ1v) is 11.4. The lowest BCUT2D eigenvalue weighted by molar-refractivity contribution is -0.157. The third-order valence-electron chi connectivity index (χ3n) is 5.87. The SMILES string of the molecule is CCNC(=O)NC1(C(=O)N2CCOC3(CCS(=N)(=O)CC3)C2)CCCC1. The number of ether oxygens (including phenoxy) is 1. The number of morpholine rings is 1. The lowest BCUT2D eigenvalue weighted by atomic mass is 9.91. The van der Waals surface area contributed by atoms with Crippen LogP contribution in [0.25, 0.3) is 0 Å². The van der Waals surface area contributed by atoms with Gasteiger partial charge < -0.3 is 20.3 Å². The van der Waals surface area contributed by atoms with Crippen molar-refractivity contribution in [2.24, 2.45) is 0 Å². The molecule has 3 rings (SSSR count). The molecular weight excluding hydrogens is 356 g/mol. The van der Waals surface area contributed by atoms with Crippen molar-refractivity contribution in [1.82, 2.24) is 15.5 Å². The predicted molar refractivity (Wildman–Crippen MR) is 98.5 cm³/mol. The van der Waals surface area contributed by atoms with Crippen molar-refractivity contribution in [3.05, 3.63) is 0 Å². The molecule has 2 aliphatic heterocycles. The molecule has 2 saturated heterocycles. The summed E-state index contributed by atoms with van der Waals surface area (Å²) in [5.41, 5.74) is -1.31. The third kappa shape index (κ3) is 3.98. The Bertz CT molecular complexity index is 644. The third-order valence-corrected chi connectivity index (χ3v) is 7.59. The van der Waals surface area contributed by atoms with Gasteiger partial charge in [0.05, 0.1) is 12.2 Å². The van der Waals surface area contributed by atoms with Crippen molar-refractivity contribution in [3.63, 3.8) is 0 Å². The van der Waals surface area contributed by atoms with E-state index in [1.54, 1.807) is 0 Å². The van der Waals surface area contributed by atoms with Crippen LogP contribution in [0.2, 0.25) is 0 Å². The number of carbonyl (C=O) groups excluding carboxylic acids is 2. The van der Waals surface area contributed by atoms with Gasteiger partial charge in [-0.25, -0.2) is 9.00 Å². The summed E-state index contributed by atoms with van der Waals surface area (Å²) < 4.78 is 25.7. The van der Waals surface area contributed by atoms with Crippen molar-refractivity contribution in [1.29, 1.82) is 4.78 Å². The molecule has 0 radical (unpaired) electrons. The molecular formula is C17H30N4O4S. The van der Waals surface area contributed by atoms with Crippen LogP contribution in [0.3, 0.4) is 0 Å². The minimum absolute atomic E-state index is 0.0268. The van der Waals surface area contributed by atoms with Crippen LogP contribution in [0.1, 0.15) is 45.4 Å². The van der Waals surface area contributed by atoms with E-state index < -0.39 is 20.9 Å². The van der Waals surface area contributed by atoms with Gasteiger partial charge in [-0.3, -0.25) is 9.57 Å². The Balaban J connectivity index is 1.72. The number of rotatable bonds is 3. The number of hydrogen-bond donors (Lipinski definition) is 3. The Hall–Kier alpha value is -1.35. The van der Waals surface area contributed by atoms with Crippen LogP contribution in [0.15, 0.2) is 0 Å². The van der Waals surface area contributed by atoms with Crippen LogP contribution >= 0.6 is 0 Å². The molecule has 0 unspecified atom stereocenters. The molecule has 2 heterocycles. The summed E-state index contributed by atoms with van der Waals surface area (Å²) >= 11 is 0. The number of nitrogens with one attached hydrogen (secondary N) is 3. The Morgan fingerprint density at radius 1 is 1.19 bits per heavy atom. The second-order valence-corrected chi connectivity index (χ2v) is 10.2. The summed E-state index contributed by atoms with van der Waals surface area (Å²) in [7, 11) is -2.49. The predicted octanol–water partition coefficient (Wildman–Crippen LogP) is 1.06. The van der Waals surface area contributed by atoms with Gasteiger partial charge >= 0.3 is 6.03 Å². The second-order valence-electron chi connectivity index (χ2n) is 7.75. The van der Waals surface area contributed by atoms with Gasteiger partial charge in [0, 0.05) is 40.9 Å². The molecule has 0 atom stereocenters. The van der Waals surface area contributed by atoms with Gasteiger partial charge in [-0.05, 0) is 32.6 Å². The summed E-state index contributed by atoms with van der Waals surface area (Å²) in [5, 5.41) is 5.66. The van der Waals surface area contributed by atoms with Gasteiger partial charge in [-0.15, -0.1) is 0 Å². The van der Waals surface area contributed by atoms with Crippen molar-refractivity contribution in [3.8, 4) is 0 Å². The minimum atomic E-state index is -2.49. The first-order valence-electron chi connectivity index (χ1n) is 9.53. The highest BCUT2D eigenvalue weighted by molar-refractivity contribution is 7.92. The van der Waals surface area contributed by atoms with E-state index in [0.717, 1.165) is 12.8 Å². The molecule has 3 fully saturated rings. The van der Waals surface area contributed by atoms with E-state index >= 15 is 0 Å². The first-order chi connectivity index (χ1) is 12.3. The summed E-state index contributed by atoms with van der Waals surface area (Å²) in [6.07, 6.45) is 4.27. The zero-order valence-electron chi connectivity index (χ0n) is 15.5. The van der Waals surface area contributed by atoms with Crippen LogP contribution in [0.4, 0.5) is 4.79 Å². The fourth-order valence-electron chi connectivity index (χ4n) is 4.35. The van der Waals surface area contributed by atoms with E-state index in [1.165, 1.54) is 0 Å². The first kappa shape index (κ1) is 19.4. The maximum absolute atomic E-state index is 13.3. The van der Waals surface area contributed by atoms with Crippen LogP contribution < -0.4 is 10.6 Å². The van der Waals surface area contributed by atoms with Crippen molar-refractivity contribution in [2.75, 3.05) is 37.7 Å². The van der Waals surface area contributed by atoms with Crippen molar-refractivity contribution < 1.29 is 18.5 Å². The topological polar surface area (TPSA) is 112 Å². The summed E-state index contributed by atoms with van der Waals surface area (Å²) in [5.74, 6) is 0.635. The second kappa shape index (κ2) is 7.34. The molecule has 3 N–H and O–H groups in total. The molecule has 0 aromatic heterocycles. The van der Waals surface area contributed by atoms with Crippen molar-refractivity contribution in [2.45, 2.75) is 56.6 Å². The van der Waals surface area contributed by atoms with E-state index in [0.29, 0.717) is 63.4 Å². The van der Waals surface area contributed by atoms with E-state index in [2.05, 4.69) is 10.6 Å². The Labute approximate surface area is 155 Å². The van der Waals surface area contributed by atoms with Crippen LogP contribution in [0, 0.1) is 4.78 Å². The molecule has 0 aromatic rings. The van der Waals surface area contributed by atoms with Crippen LogP contribution in [-0.4, -0.2) is 69.9 Å². The van der Waals surface area contributed by atoms with E-state index in [-0.39, 0.29) is 11.9 Å². The molecule has 9 heteroatoms. The molecule has 26 heavy (non-hydrogen) atoms. The monoisotopic (exact) mass is 386 g/mol. The number of nitrogens with zero attached hydrogens (tertiary/aromatic N) is 1. The quantitative estimate of drug-likeness (QED) is 0.673. The number of amides is 3. The maximum Gasteiger partial charge on any atom is 0.315 e. The summed E-state index contributed by atoms with van der Waals surface area (Å²) in [6.45, 7) is 3.78. The van der Waals surface area contributed by atoms with E-state index in [4.69, 9.17) is 9.52 Å². The van der Waals surface area contributed by atoms with Crippen LogP contribution in [0.5, 0.6) is 0 Å². The van der Waals surface area contributed by atoms with Gasteiger partial charge in [-0.1, -0.05) is 12.8 Å². The Morgan fingerprint density at radius 2 is 1.85 bits per heavy atom. The molecule has 1 aliphatic carbocycles. The van der Waals surface area contributed by atoms with Gasteiger partial charge in [-0.2, -0.15) is 0 Å². The molecule has 1 saturated carbocycles. The fraction of sp³-hybridized carbons (Fsp3) is 0.882. The van der Waals surface area contributed by atoms with Gasteiger partial charge in [0.1, 0.15) is 5.54 Å². The Morgan fingerprint density at radius 3 is 2.46 bits per heavy atom. The molecule has 148 valence electrons. The molecule has 3 amide bonds. The number of hydrogen-bond acceptors (Lipinski definition) is 5. The maximum atomic E-state index is 13.3. The zero-order valence-corrected chi connectivity index (χ0v) is 16.3. The molecule has 3 aliphatic rings. The summed E-state index contributed by atoms with van der Waals surface area (Å²) in [4.78, 5) is 27.3. The zero-order chi connectivity index (χ0) is 18.8. The van der Waals surface area contributed by atoms with E-state index in [9.17, 15) is 13.8 Å². The molecule has 8 nitrogen and oxygen atoms in total. The normalized spacial score (nSPS) is 33.8. The van der Waals surface area contributed by atoms with Gasteiger partial charge in [0.15, 0.2) is 0 Å². The smallest absolute Gasteiger partial charge is 0.315 e. The lowest BCUT2D eigenvalue weighted by Crippen LogP contribution is -2.64. The highest BCUT2D eigenvalue weighted by atomic mass is 32.2. The molecule has 0 bridgehead atoms. The van der Waals surface area contributed by atoms with E-state index in [1.807, 2.05) is 11.8 Å². The largest absolute Gasteiger partial charge is 0.371 e. The lowest BCUT2D eigenvalue weighted by Gasteiger charge is -2.47. The fourth-order valence-corrected chi connectivity index (χ4v) is 5.95. The standard InChI is InChI=1S/C17H30N4O4S/c1-2-19-15(23)20-17(5-3-4-6-17)14(22)21-9-10-25-16(13-21)7-11-26(18,24)12-8-16/h18H,2-13H2,1H3,(H2,19,20,23). The van der Waals surface area contributed by atoms with Crippen LogP contribution in [-0.2, 0) is 19.3 Å². The average molecular weight is 387 g/mol. The highest BCUT2D eigenvalue weighted by Crippen LogP contribution is 2.35. The molecule has 0 aromatic carbocycles. The number of carbonyl (C=O) groups is 2.